The number of carbonyl (C=O) groups excluding carboxylic acids is 2. The number of alkyl carbamates (subject to hydrolysis) is 1. The number of benzene rings is 2. The second-order valence-electron chi connectivity index (χ2n) is 8.25. The van der Waals surface area contributed by atoms with Crippen LogP contribution in [0.25, 0.3) is 11.1 Å². The highest BCUT2D eigenvalue weighted by Gasteiger charge is 2.32. The Bertz CT molecular complexity index is 955. The maximum atomic E-state index is 12.7. The second kappa shape index (κ2) is 8.79. The van der Waals surface area contributed by atoms with Crippen LogP contribution in [0.15, 0.2) is 48.5 Å². The Morgan fingerprint density at radius 1 is 1.06 bits per heavy atom. The first-order chi connectivity index (χ1) is 14.9. The van der Waals surface area contributed by atoms with Crippen LogP contribution in [-0.2, 0) is 14.3 Å². The summed E-state index contributed by atoms with van der Waals surface area (Å²) < 4.78 is 5.48. The predicted molar refractivity (Wildman–Crippen MR) is 115 cm³/mol. The van der Waals surface area contributed by atoms with Gasteiger partial charge in [0.25, 0.3) is 0 Å². The highest BCUT2D eigenvalue weighted by Crippen LogP contribution is 2.44. The molecule has 0 heterocycles. The lowest BCUT2D eigenvalue weighted by molar-refractivity contribution is -0.145. The Kier molecular flexibility index (Phi) is 5.93. The molecular formula is C24H26N2O5. The average Bonchev–Trinajstić information content (AvgIpc) is 3.51. The fourth-order valence-corrected chi connectivity index (χ4v) is 4.16. The fraction of sp³-hybridized carbons (Fsp3) is 0.375. The van der Waals surface area contributed by atoms with E-state index in [1.807, 2.05) is 36.4 Å². The van der Waals surface area contributed by atoms with Crippen molar-refractivity contribution in [2.45, 2.75) is 31.7 Å². The lowest BCUT2D eigenvalue weighted by atomic mass is 9.98. The number of aliphatic carboxylic acids is 1. The molecule has 31 heavy (non-hydrogen) atoms. The summed E-state index contributed by atoms with van der Waals surface area (Å²) in [5, 5.41) is 11.6. The number of carboxylic acid groups (broad SMARTS) is 1. The molecule has 1 fully saturated rings. The van der Waals surface area contributed by atoms with Crippen LogP contribution >= 0.6 is 0 Å². The van der Waals surface area contributed by atoms with Gasteiger partial charge >= 0.3 is 12.1 Å². The van der Waals surface area contributed by atoms with Crippen molar-refractivity contribution in [2.75, 3.05) is 19.7 Å². The minimum atomic E-state index is -1.07. The van der Waals surface area contributed by atoms with Gasteiger partial charge in [-0.2, -0.15) is 0 Å². The molecule has 0 aromatic heterocycles. The Morgan fingerprint density at radius 2 is 1.65 bits per heavy atom. The molecule has 2 aliphatic rings. The predicted octanol–water partition coefficient (Wildman–Crippen LogP) is 3.24. The Balaban J connectivity index is 1.37. The summed E-state index contributed by atoms with van der Waals surface area (Å²) in [6.45, 7) is 1.74. The molecule has 0 aliphatic heterocycles. The summed E-state index contributed by atoms with van der Waals surface area (Å²) in [7, 11) is 0. The highest BCUT2D eigenvalue weighted by molar-refractivity contribution is 5.88. The molecular weight excluding hydrogens is 396 g/mol. The number of nitrogens with zero attached hydrogens (tertiary/aromatic N) is 1. The number of nitrogens with one attached hydrogen (secondary N) is 1. The van der Waals surface area contributed by atoms with Crippen molar-refractivity contribution in [1.82, 2.24) is 10.2 Å². The number of fused-ring (bicyclic) bond motifs is 3. The monoisotopic (exact) mass is 422 g/mol. The third kappa shape index (κ3) is 4.71. The standard InChI is InChI=1S/C24H26N2O5/c1-15(23(29)26(13-22(27)28)12-16-10-11-16)25-24(30)31-14-21-19-8-4-2-6-17(19)18-7-3-5-9-20(18)21/h2-9,15-16,21H,10-14H2,1H3,(H,25,30)(H,27,28)/t15-/m1/s1. The number of rotatable bonds is 8. The van der Waals surface area contributed by atoms with E-state index < -0.39 is 24.0 Å². The van der Waals surface area contributed by atoms with Gasteiger partial charge in [0.2, 0.25) is 5.91 Å². The van der Waals surface area contributed by atoms with E-state index >= 15 is 0 Å². The van der Waals surface area contributed by atoms with Crippen LogP contribution in [0, 0.1) is 5.92 Å². The lowest BCUT2D eigenvalue weighted by Crippen LogP contribution is -2.49. The van der Waals surface area contributed by atoms with Crippen LogP contribution in [0.1, 0.15) is 36.8 Å². The first-order valence-electron chi connectivity index (χ1n) is 10.6. The van der Waals surface area contributed by atoms with Gasteiger partial charge in [-0.3, -0.25) is 9.59 Å². The van der Waals surface area contributed by atoms with E-state index in [0.29, 0.717) is 12.5 Å². The van der Waals surface area contributed by atoms with Crippen molar-refractivity contribution in [1.29, 1.82) is 0 Å². The van der Waals surface area contributed by atoms with Gasteiger partial charge in [0.15, 0.2) is 0 Å². The van der Waals surface area contributed by atoms with Crippen LogP contribution in [0.4, 0.5) is 4.79 Å². The zero-order chi connectivity index (χ0) is 22.0. The molecule has 1 atom stereocenters. The van der Waals surface area contributed by atoms with Gasteiger partial charge < -0.3 is 20.1 Å². The number of carboxylic acids is 1. The molecule has 2 aromatic rings. The molecule has 162 valence electrons. The Hall–Kier alpha value is -3.35. The molecule has 2 aromatic carbocycles. The lowest BCUT2D eigenvalue weighted by Gasteiger charge is -2.24. The summed E-state index contributed by atoms with van der Waals surface area (Å²) in [4.78, 5) is 37.5. The first-order valence-corrected chi connectivity index (χ1v) is 10.6. The molecule has 0 saturated heterocycles. The molecule has 0 unspecified atom stereocenters. The SMILES string of the molecule is C[C@@H](NC(=O)OCC1c2ccccc2-c2ccccc21)C(=O)N(CC(=O)O)CC1CC1. The van der Waals surface area contributed by atoms with Crippen molar-refractivity contribution in [3.8, 4) is 11.1 Å². The third-order valence-electron chi connectivity index (χ3n) is 5.86. The average molecular weight is 422 g/mol. The van der Waals surface area contributed by atoms with E-state index in [0.717, 1.165) is 35.1 Å². The van der Waals surface area contributed by atoms with Crippen molar-refractivity contribution in [2.24, 2.45) is 5.92 Å². The summed E-state index contributed by atoms with van der Waals surface area (Å²) in [6.07, 6.45) is 1.30. The first kappa shape index (κ1) is 20.9. The van der Waals surface area contributed by atoms with E-state index in [9.17, 15) is 14.4 Å². The molecule has 7 nitrogen and oxygen atoms in total. The van der Waals surface area contributed by atoms with Crippen LogP contribution in [0.2, 0.25) is 0 Å². The van der Waals surface area contributed by atoms with Gasteiger partial charge in [-0.15, -0.1) is 0 Å². The van der Waals surface area contributed by atoms with E-state index in [1.54, 1.807) is 6.92 Å². The number of carbonyl (C=O) groups is 3. The van der Waals surface area contributed by atoms with Crippen molar-refractivity contribution >= 4 is 18.0 Å². The summed E-state index contributed by atoms with van der Waals surface area (Å²) >= 11 is 0. The molecule has 2 aliphatic carbocycles. The van der Waals surface area contributed by atoms with Gasteiger partial charge in [0.05, 0.1) is 0 Å². The Labute approximate surface area is 181 Å². The van der Waals surface area contributed by atoms with E-state index in [4.69, 9.17) is 9.84 Å². The Morgan fingerprint density at radius 3 is 2.19 bits per heavy atom. The summed E-state index contributed by atoms with van der Waals surface area (Å²) in [6, 6.07) is 15.2. The van der Waals surface area contributed by atoms with Crippen molar-refractivity contribution in [3.63, 3.8) is 0 Å². The normalized spacial score (nSPS) is 15.5. The molecule has 7 heteroatoms. The summed E-state index contributed by atoms with van der Waals surface area (Å²) in [5.41, 5.74) is 4.50. The molecule has 2 N–H and O–H groups in total. The smallest absolute Gasteiger partial charge is 0.407 e. The molecule has 0 bridgehead atoms. The topological polar surface area (TPSA) is 95.9 Å². The fourth-order valence-electron chi connectivity index (χ4n) is 4.16. The van der Waals surface area contributed by atoms with Gasteiger partial charge in [-0.05, 0) is 47.9 Å². The van der Waals surface area contributed by atoms with Crippen LogP contribution in [-0.4, -0.2) is 53.7 Å². The summed E-state index contributed by atoms with van der Waals surface area (Å²) in [5.74, 6) is -1.20. The molecule has 4 rings (SSSR count). The second-order valence-corrected chi connectivity index (χ2v) is 8.25. The maximum absolute atomic E-state index is 12.7. The van der Waals surface area contributed by atoms with Crippen LogP contribution in [0.5, 0.6) is 0 Å². The minimum absolute atomic E-state index is 0.0671. The van der Waals surface area contributed by atoms with Crippen LogP contribution in [0.3, 0.4) is 0 Å². The number of hydrogen-bond acceptors (Lipinski definition) is 4. The highest BCUT2D eigenvalue weighted by atomic mass is 16.5. The maximum Gasteiger partial charge on any atom is 0.407 e. The van der Waals surface area contributed by atoms with Gasteiger partial charge in [-0.1, -0.05) is 48.5 Å². The largest absolute Gasteiger partial charge is 0.480 e. The van der Waals surface area contributed by atoms with E-state index in [2.05, 4.69) is 17.4 Å². The number of ether oxygens (including phenoxy) is 1. The zero-order valence-corrected chi connectivity index (χ0v) is 17.4. The molecule has 1 saturated carbocycles. The van der Waals surface area contributed by atoms with E-state index in [1.165, 1.54) is 4.90 Å². The van der Waals surface area contributed by atoms with Crippen molar-refractivity contribution < 1.29 is 24.2 Å². The van der Waals surface area contributed by atoms with Gasteiger partial charge in [0, 0.05) is 12.5 Å². The van der Waals surface area contributed by atoms with Crippen molar-refractivity contribution in [3.05, 3.63) is 59.7 Å². The number of hydrogen-bond donors (Lipinski definition) is 2. The number of amides is 2. The molecule has 0 radical (unpaired) electrons. The molecule has 0 spiro atoms. The van der Waals surface area contributed by atoms with Crippen LogP contribution < -0.4 is 5.32 Å². The van der Waals surface area contributed by atoms with E-state index in [-0.39, 0.29) is 19.1 Å². The zero-order valence-electron chi connectivity index (χ0n) is 17.4. The quantitative estimate of drug-likeness (QED) is 0.681. The minimum Gasteiger partial charge on any atom is -0.480 e. The molecule has 2 amide bonds. The van der Waals surface area contributed by atoms with Gasteiger partial charge in [0.1, 0.15) is 19.2 Å². The van der Waals surface area contributed by atoms with Gasteiger partial charge in [-0.25, -0.2) is 4.79 Å². The third-order valence-corrected chi connectivity index (χ3v) is 5.86.